The van der Waals surface area contributed by atoms with Gasteiger partial charge in [-0.3, -0.25) is 4.79 Å². The molecule has 1 atom stereocenters. The number of aromatic nitrogens is 5. The van der Waals surface area contributed by atoms with Gasteiger partial charge < -0.3 is 5.32 Å². The summed E-state index contributed by atoms with van der Waals surface area (Å²) >= 11 is 1.15. The van der Waals surface area contributed by atoms with E-state index >= 15 is 0 Å². The molecule has 22 heavy (non-hydrogen) atoms. The molecular formula is C14H14N6OS. The standard InChI is InChI=1S/C14H14N6OS/c1-9(17-14(21)12-8-22-19-18-12)11-7-16-20(10(11)2)13-5-3-4-6-15-13/h3-9H,1-2H3,(H,17,21). The highest BCUT2D eigenvalue weighted by molar-refractivity contribution is 7.03. The van der Waals surface area contributed by atoms with Crippen molar-refractivity contribution in [3.8, 4) is 5.82 Å². The van der Waals surface area contributed by atoms with Gasteiger partial charge in [0, 0.05) is 22.8 Å². The van der Waals surface area contributed by atoms with Crippen molar-refractivity contribution in [1.82, 2.24) is 29.7 Å². The molecule has 0 saturated carbocycles. The van der Waals surface area contributed by atoms with Crippen LogP contribution in [0.3, 0.4) is 0 Å². The van der Waals surface area contributed by atoms with Gasteiger partial charge in [-0.05, 0) is 37.5 Å². The Balaban J connectivity index is 1.81. The summed E-state index contributed by atoms with van der Waals surface area (Å²) in [6.45, 7) is 3.86. The maximum Gasteiger partial charge on any atom is 0.273 e. The summed E-state index contributed by atoms with van der Waals surface area (Å²) < 4.78 is 5.44. The minimum absolute atomic E-state index is 0.188. The van der Waals surface area contributed by atoms with Crippen LogP contribution in [0.1, 0.15) is 34.7 Å². The molecule has 1 unspecified atom stereocenters. The molecule has 3 aromatic heterocycles. The number of nitrogens with one attached hydrogen (secondary N) is 1. The van der Waals surface area contributed by atoms with E-state index in [0.717, 1.165) is 28.6 Å². The first kappa shape index (κ1) is 14.3. The summed E-state index contributed by atoms with van der Waals surface area (Å²) in [5.74, 6) is 0.500. The number of rotatable bonds is 4. The third kappa shape index (κ3) is 2.73. The Morgan fingerprint density at radius 2 is 2.27 bits per heavy atom. The van der Waals surface area contributed by atoms with Crippen LogP contribution in [0.15, 0.2) is 36.0 Å². The third-order valence-corrected chi connectivity index (χ3v) is 3.83. The Labute approximate surface area is 131 Å². The highest BCUT2D eigenvalue weighted by Crippen LogP contribution is 2.19. The fraction of sp³-hybridized carbons (Fsp3) is 0.214. The second-order valence-corrected chi connectivity index (χ2v) is 5.38. The van der Waals surface area contributed by atoms with Crippen molar-refractivity contribution >= 4 is 17.4 Å². The van der Waals surface area contributed by atoms with Crippen molar-refractivity contribution in [2.45, 2.75) is 19.9 Å². The highest BCUT2D eigenvalue weighted by atomic mass is 32.1. The molecule has 0 fully saturated rings. The maximum absolute atomic E-state index is 12.0. The van der Waals surface area contributed by atoms with E-state index in [9.17, 15) is 4.79 Å². The minimum atomic E-state index is -0.244. The van der Waals surface area contributed by atoms with Crippen LogP contribution in [0.5, 0.6) is 0 Å². The Bertz CT molecular complexity index is 768. The number of carbonyl (C=O) groups excluding carboxylic acids is 1. The molecule has 1 amide bonds. The van der Waals surface area contributed by atoms with E-state index in [2.05, 4.69) is 25.0 Å². The van der Waals surface area contributed by atoms with Crippen molar-refractivity contribution in [3.05, 3.63) is 52.9 Å². The fourth-order valence-electron chi connectivity index (χ4n) is 2.17. The summed E-state index contributed by atoms with van der Waals surface area (Å²) in [5.41, 5.74) is 2.19. The smallest absolute Gasteiger partial charge is 0.273 e. The molecule has 112 valence electrons. The lowest BCUT2D eigenvalue weighted by molar-refractivity contribution is 0.0935. The van der Waals surface area contributed by atoms with Gasteiger partial charge in [0.05, 0.1) is 12.2 Å². The van der Waals surface area contributed by atoms with Gasteiger partial charge in [-0.25, -0.2) is 9.67 Å². The quantitative estimate of drug-likeness (QED) is 0.795. The van der Waals surface area contributed by atoms with Crippen LogP contribution < -0.4 is 5.32 Å². The molecule has 0 radical (unpaired) electrons. The molecular weight excluding hydrogens is 300 g/mol. The van der Waals surface area contributed by atoms with Crippen LogP contribution in [0.25, 0.3) is 5.82 Å². The van der Waals surface area contributed by atoms with Gasteiger partial charge in [-0.1, -0.05) is 10.6 Å². The Kier molecular flexibility index (Phi) is 3.92. The molecule has 0 aromatic carbocycles. The molecule has 0 aliphatic heterocycles. The van der Waals surface area contributed by atoms with Crippen LogP contribution in [0.2, 0.25) is 0 Å². The molecule has 0 bridgehead atoms. The van der Waals surface area contributed by atoms with E-state index < -0.39 is 0 Å². The van der Waals surface area contributed by atoms with Gasteiger partial charge in [0.1, 0.15) is 0 Å². The number of hydrogen-bond acceptors (Lipinski definition) is 6. The zero-order valence-corrected chi connectivity index (χ0v) is 12.9. The Morgan fingerprint density at radius 3 is 2.95 bits per heavy atom. The number of amides is 1. The van der Waals surface area contributed by atoms with Gasteiger partial charge in [0.2, 0.25) is 0 Å². The van der Waals surface area contributed by atoms with Gasteiger partial charge in [0.15, 0.2) is 11.5 Å². The van der Waals surface area contributed by atoms with E-state index in [-0.39, 0.29) is 11.9 Å². The minimum Gasteiger partial charge on any atom is -0.344 e. The molecule has 3 aromatic rings. The molecule has 0 aliphatic rings. The van der Waals surface area contributed by atoms with Gasteiger partial charge in [-0.15, -0.1) is 5.10 Å². The van der Waals surface area contributed by atoms with E-state index in [0.29, 0.717) is 5.69 Å². The maximum atomic E-state index is 12.0. The van der Waals surface area contributed by atoms with Crippen LogP contribution in [0.4, 0.5) is 0 Å². The van der Waals surface area contributed by atoms with Crippen LogP contribution in [0, 0.1) is 6.92 Å². The van der Waals surface area contributed by atoms with Crippen molar-refractivity contribution in [2.75, 3.05) is 0 Å². The molecule has 3 heterocycles. The summed E-state index contributed by atoms with van der Waals surface area (Å²) in [6, 6.07) is 5.46. The molecule has 3 rings (SSSR count). The lowest BCUT2D eigenvalue weighted by Crippen LogP contribution is -2.27. The van der Waals surface area contributed by atoms with Crippen LogP contribution in [-0.4, -0.2) is 30.3 Å². The second kappa shape index (κ2) is 6.02. The SMILES string of the molecule is Cc1c(C(C)NC(=O)c2csnn2)cnn1-c1ccccn1. The third-order valence-electron chi connectivity index (χ3n) is 3.32. The van der Waals surface area contributed by atoms with Crippen molar-refractivity contribution in [1.29, 1.82) is 0 Å². The lowest BCUT2D eigenvalue weighted by atomic mass is 10.1. The molecule has 8 heteroatoms. The van der Waals surface area contributed by atoms with E-state index in [4.69, 9.17) is 0 Å². The number of hydrogen-bond donors (Lipinski definition) is 1. The number of nitrogens with zero attached hydrogens (tertiary/aromatic N) is 5. The summed E-state index contributed by atoms with van der Waals surface area (Å²) in [7, 11) is 0. The van der Waals surface area contributed by atoms with Crippen molar-refractivity contribution in [2.24, 2.45) is 0 Å². The van der Waals surface area contributed by atoms with Crippen molar-refractivity contribution < 1.29 is 4.79 Å². The van der Waals surface area contributed by atoms with E-state index in [1.54, 1.807) is 22.5 Å². The highest BCUT2D eigenvalue weighted by Gasteiger charge is 2.18. The summed E-state index contributed by atoms with van der Waals surface area (Å²) in [6.07, 6.45) is 3.46. The molecule has 7 nitrogen and oxygen atoms in total. The number of carbonyl (C=O) groups is 1. The monoisotopic (exact) mass is 314 g/mol. The second-order valence-electron chi connectivity index (χ2n) is 4.77. The first-order valence-corrected chi connectivity index (χ1v) is 7.54. The Morgan fingerprint density at radius 1 is 1.41 bits per heavy atom. The van der Waals surface area contributed by atoms with Crippen LogP contribution in [-0.2, 0) is 0 Å². The van der Waals surface area contributed by atoms with Gasteiger partial charge in [-0.2, -0.15) is 5.10 Å². The van der Waals surface area contributed by atoms with E-state index in [1.807, 2.05) is 32.0 Å². The van der Waals surface area contributed by atoms with Gasteiger partial charge in [0.25, 0.3) is 5.91 Å². The van der Waals surface area contributed by atoms with Crippen LogP contribution >= 0.6 is 11.5 Å². The first-order chi connectivity index (χ1) is 10.7. The van der Waals surface area contributed by atoms with Gasteiger partial charge >= 0.3 is 0 Å². The number of pyridine rings is 1. The predicted octanol–water partition coefficient (Wildman–Crippen LogP) is 1.92. The first-order valence-electron chi connectivity index (χ1n) is 6.70. The summed E-state index contributed by atoms with van der Waals surface area (Å²) in [5, 5.41) is 12.6. The predicted molar refractivity (Wildman–Crippen MR) is 81.9 cm³/mol. The average Bonchev–Trinajstić information content (AvgIpc) is 3.17. The molecule has 0 aliphatic carbocycles. The molecule has 0 saturated heterocycles. The Hall–Kier alpha value is -2.61. The average molecular weight is 314 g/mol. The van der Waals surface area contributed by atoms with Crippen molar-refractivity contribution in [3.63, 3.8) is 0 Å². The zero-order chi connectivity index (χ0) is 15.5. The molecule has 1 N–H and O–H groups in total. The largest absolute Gasteiger partial charge is 0.344 e. The topological polar surface area (TPSA) is 85.6 Å². The lowest BCUT2D eigenvalue weighted by Gasteiger charge is -2.13. The molecule has 0 spiro atoms. The zero-order valence-electron chi connectivity index (χ0n) is 12.1. The van der Waals surface area contributed by atoms with E-state index in [1.165, 1.54) is 0 Å². The summed E-state index contributed by atoms with van der Waals surface area (Å²) in [4.78, 5) is 16.3. The normalized spacial score (nSPS) is 12.1. The fourth-order valence-corrected chi connectivity index (χ4v) is 2.61.